The zero-order valence-electron chi connectivity index (χ0n) is 12.1. The van der Waals surface area contributed by atoms with E-state index in [9.17, 15) is 4.79 Å². The lowest BCUT2D eigenvalue weighted by Crippen LogP contribution is -2.21. The Labute approximate surface area is 129 Å². The van der Waals surface area contributed by atoms with E-state index in [2.05, 4.69) is 10.6 Å². The van der Waals surface area contributed by atoms with Crippen LogP contribution in [0.2, 0.25) is 5.02 Å². The summed E-state index contributed by atoms with van der Waals surface area (Å²) < 4.78 is 0. The van der Waals surface area contributed by atoms with Gasteiger partial charge in [0.1, 0.15) is 0 Å². The Morgan fingerprint density at radius 3 is 2.43 bits per heavy atom. The number of hydrogen-bond acceptors (Lipinski definition) is 3. The number of anilines is 3. The average Bonchev–Trinajstić information content (AvgIpc) is 2.45. The lowest BCUT2D eigenvalue weighted by molar-refractivity contribution is -0.114. The number of carbonyl (C=O) groups is 1. The molecule has 0 radical (unpaired) electrons. The number of rotatable bonds is 5. The van der Waals surface area contributed by atoms with Gasteiger partial charge in [-0.1, -0.05) is 17.7 Å². The Bertz CT molecular complexity index is 611. The molecule has 0 spiro atoms. The molecule has 2 rings (SSSR count). The highest BCUT2D eigenvalue weighted by Crippen LogP contribution is 2.16. The van der Waals surface area contributed by atoms with Crippen LogP contribution in [0.1, 0.15) is 0 Å². The third-order valence-electron chi connectivity index (χ3n) is 2.95. The molecule has 0 unspecified atom stereocenters. The SMILES string of the molecule is CN(C)c1ccc(NCC(=O)Nc2cccc(Cl)c2)cc1. The maximum absolute atomic E-state index is 11.8. The molecule has 1 amide bonds. The number of benzene rings is 2. The van der Waals surface area contributed by atoms with Gasteiger partial charge < -0.3 is 15.5 Å². The molecule has 0 saturated carbocycles. The van der Waals surface area contributed by atoms with Gasteiger partial charge in [-0.2, -0.15) is 0 Å². The third kappa shape index (κ3) is 4.68. The van der Waals surface area contributed by atoms with Crippen LogP contribution in [0.5, 0.6) is 0 Å². The predicted octanol–water partition coefficient (Wildman–Crippen LogP) is 3.46. The Morgan fingerprint density at radius 1 is 1.10 bits per heavy atom. The molecule has 0 heterocycles. The average molecular weight is 304 g/mol. The van der Waals surface area contributed by atoms with Crippen molar-refractivity contribution in [1.29, 1.82) is 0 Å². The largest absolute Gasteiger partial charge is 0.378 e. The van der Waals surface area contributed by atoms with Crippen molar-refractivity contribution >= 4 is 34.6 Å². The van der Waals surface area contributed by atoms with Crippen molar-refractivity contribution in [2.75, 3.05) is 36.2 Å². The lowest BCUT2D eigenvalue weighted by atomic mass is 10.2. The van der Waals surface area contributed by atoms with Gasteiger partial charge in [0.2, 0.25) is 5.91 Å². The minimum Gasteiger partial charge on any atom is -0.378 e. The number of amides is 1. The molecule has 4 nitrogen and oxygen atoms in total. The summed E-state index contributed by atoms with van der Waals surface area (Å²) in [5.74, 6) is -0.117. The van der Waals surface area contributed by atoms with Gasteiger partial charge in [0.05, 0.1) is 6.54 Å². The van der Waals surface area contributed by atoms with E-state index in [1.54, 1.807) is 24.3 Å². The topological polar surface area (TPSA) is 44.4 Å². The minimum atomic E-state index is -0.117. The number of nitrogens with zero attached hydrogens (tertiary/aromatic N) is 1. The predicted molar refractivity (Wildman–Crippen MR) is 89.3 cm³/mol. The quantitative estimate of drug-likeness (QED) is 0.889. The summed E-state index contributed by atoms with van der Waals surface area (Å²) in [6, 6.07) is 15.0. The summed E-state index contributed by atoms with van der Waals surface area (Å²) in [4.78, 5) is 13.9. The lowest BCUT2D eigenvalue weighted by Gasteiger charge is -2.13. The van der Waals surface area contributed by atoms with Crippen LogP contribution >= 0.6 is 11.6 Å². The summed E-state index contributed by atoms with van der Waals surface area (Å²) in [5.41, 5.74) is 2.71. The van der Waals surface area contributed by atoms with Gasteiger partial charge in [-0.3, -0.25) is 4.79 Å². The van der Waals surface area contributed by atoms with E-state index in [0.29, 0.717) is 10.7 Å². The maximum atomic E-state index is 11.8. The van der Waals surface area contributed by atoms with Gasteiger partial charge in [0.25, 0.3) is 0 Å². The highest BCUT2D eigenvalue weighted by atomic mass is 35.5. The second kappa shape index (κ2) is 6.99. The van der Waals surface area contributed by atoms with Crippen LogP contribution in [0.25, 0.3) is 0 Å². The standard InChI is InChI=1S/C16H18ClN3O/c1-20(2)15-8-6-13(7-9-15)18-11-16(21)19-14-5-3-4-12(17)10-14/h3-10,18H,11H2,1-2H3,(H,19,21). The van der Waals surface area contributed by atoms with Crippen molar-refractivity contribution in [3.8, 4) is 0 Å². The molecule has 0 atom stereocenters. The van der Waals surface area contributed by atoms with Crippen molar-refractivity contribution < 1.29 is 4.79 Å². The van der Waals surface area contributed by atoms with Crippen LogP contribution < -0.4 is 15.5 Å². The first-order chi connectivity index (χ1) is 10.0. The first-order valence-electron chi connectivity index (χ1n) is 6.61. The van der Waals surface area contributed by atoms with Gasteiger partial charge in [0.15, 0.2) is 0 Å². The summed E-state index contributed by atoms with van der Waals surface area (Å²) in [7, 11) is 3.97. The van der Waals surface area contributed by atoms with Crippen molar-refractivity contribution in [3.63, 3.8) is 0 Å². The fourth-order valence-corrected chi connectivity index (χ4v) is 2.02. The van der Waals surface area contributed by atoms with Gasteiger partial charge in [-0.05, 0) is 42.5 Å². The molecule has 0 bridgehead atoms. The van der Waals surface area contributed by atoms with E-state index in [1.807, 2.05) is 43.3 Å². The van der Waals surface area contributed by atoms with E-state index >= 15 is 0 Å². The Balaban J connectivity index is 1.86. The first-order valence-corrected chi connectivity index (χ1v) is 6.99. The molecule has 5 heteroatoms. The molecule has 0 aliphatic heterocycles. The molecule has 110 valence electrons. The van der Waals surface area contributed by atoms with Crippen molar-refractivity contribution in [1.82, 2.24) is 0 Å². The van der Waals surface area contributed by atoms with E-state index in [4.69, 9.17) is 11.6 Å². The maximum Gasteiger partial charge on any atom is 0.243 e. The second-order valence-corrected chi connectivity index (χ2v) is 5.29. The summed E-state index contributed by atoms with van der Waals surface area (Å²) in [5, 5.41) is 6.47. The molecule has 2 N–H and O–H groups in total. The summed E-state index contributed by atoms with van der Waals surface area (Å²) >= 11 is 5.87. The van der Waals surface area contributed by atoms with E-state index < -0.39 is 0 Å². The van der Waals surface area contributed by atoms with Crippen molar-refractivity contribution in [2.24, 2.45) is 0 Å². The van der Waals surface area contributed by atoms with E-state index in [1.165, 1.54) is 0 Å². The van der Waals surface area contributed by atoms with Gasteiger partial charge >= 0.3 is 0 Å². The normalized spacial score (nSPS) is 10.0. The number of carbonyl (C=O) groups excluding carboxylic acids is 1. The van der Waals surface area contributed by atoms with Crippen LogP contribution in [-0.2, 0) is 4.79 Å². The Kier molecular flexibility index (Phi) is 5.06. The zero-order valence-corrected chi connectivity index (χ0v) is 12.8. The third-order valence-corrected chi connectivity index (χ3v) is 3.18. The fourth-order valence-electron chi connectivity index (χ4n) is 1.83. The van der Waals surface area contributed by atoms with Crippen molar-refractivity contribution in [3.05, 3.63) is 53.6 Å². The Morgan fingerprint density at radius 2 is 1.81 bits per heavy atom. The molecule has 0 aromatic heterocycles. The van der Waals surface area contributed by atoms with E-state index in [0.717, 1.165) is 11.4 Å². The molecule has 0 saturated heterocycles. The molecule has 2 aromatic carbocycles. The van der Waals surface area contributed by atoms with Crippen LogP contribution in [0.15, 0.2) is 48.5 Å². The molecular weight excluding hydrogens is 286 g/mol. The molecule has 2 aromatic rings. The second-order valence-electron chi connectivity index (χ2n) is 4.85. The summed E-state index contributed by atoms with van der Waals surface area (Å²) in [6.45, 7) is 0.202. The molecule has 0 aliphatic carbocycles. The van der Waals surface area contributed by atoms with Crippen LogP contribution in [0, 0.1) is 0 Å². The highest BCUT2D eigenvalue weighted by Gasteiger charge is 2.03. The molecular formula is C16H18ClN3O. The zero-order chi connectivity index (χ0) is 15.2. The monoisotopic (exact) mass is 303 g/mol. The van der Waals surface area contributed by atoms with Crippen molar-refractivity contribution in [2.45, 2.75) is 0 Å². The summed E-state index contributed by atoms with van der Waals surface area (Å²) in [6.07, 6.45) is 0. The number of hydrogen-bond donors (Lipinski definition) is 2. The van der Waals surface area contributed by atoms with Gasteiger partial charge in [-0.15, -0.1) is 0 Å². The van der Waals surface area contributed by atoms with Gasteiger partial charge in [-0.25, -0.2) is 0 Å². The van der Waals surface area contributed by atoms with Gasteiger partial charge in [0, 0.05) is 36.2 Å². The number of halogens is 1. The van der Waals surface area contributed by atoms with E-state index in [-0.39, 0.29) is 12.5 Å². The molecule has 0 aliphatic rings. The number of nitrogens with one attached hydrogen (secondary N) is 2. The van der Waals surface area contributed by atoms with Crippen LogP contribution in [-0.4, -0.2) is 26.5 Å². The van der Waals surface area contributed by atoms with Crippen LogP contribution in [0.3, 0.4) is 0 Å². The highest BCUT2D eigenvalue weighted by molar-refractivity contribution is 6.30. The van der Waals surface area contributed by atoms with Crippen LogP contribution in [0.4, 0.5) is 17.1 Å². The minimum absolute atomic E-state index is 0.117. The first kappa shape index (κ1) is 15.2. The smallest absolute Gasteiger partial charge is 0.243 e. The fraction of sp³-hybridized carbons (Fsp3) is 0.188. The molecule has 0 fully saturated rings. The Hall–Kier alpha value is -2.20. The molecule has 21 heavy (non-hydrogen) atoms.